The molecule has 0 spiro atoms. The number of carboxylic acid groups (broad SMARTS) is 1. The smallest absolute Gasteiger partial charge is 0.322 e. The third-order valence-electron chi connectivity index (χ3n) is 3.38. The van der Waals surface area contributed by atoms with E-state index in [2.05, 4.69) is 10.6 Å². The molecule has 0 aliphatic carbocycles. The fourth-order valence-corrected chi connectivity index (χ4v) is 2.27. The lowest BCUT2D eigenvalue weighted by molar-refractivity contribution is -0.138. The van der Waals surface area contributed by atoms with Crippen molar-refractivity contribution < 1.29 is 19.4 Å². The third kappa shape index (κ3) is 5.00. The molecule has 0 radical (unpaired) electrons. The second-order valence-electron chi connectivity index (χ2n) is 5.16. The minimum absolute atomic E-state index is 0.0872. The summed E-state index contributed by atoms with van der Waals surface area (Å²) in [7, 11) is 1.67. The first-order valence-corrected chi connectivity index (χ1v) is 7.40. The van der Waals surface area contributed by atoms with E-state index in [1.807, 2.05) is 30.5 Å². The highest BCUT2D eigenvalue weighted by molar-refractivity contribution is 5.86. The molecule has 1 amide bonds. The predicted octanol–water partition coefficient (Wildman–Crippen LogP) is 1.29. The highest BCUT2D eigenvalue weighted by Gasteiger charge is 2.08. The van der Waals surface area contributed by atoms with E-state index in [1.165, 1.54) is 0 Å². The van der Waals surface area contributed by atoms with Gasteiger partial charge >= 0.3 is 5.97 Å². The molecule has 124 valence electrons. The first-order chi connectivity index (χ1) is 11.1. The number of aromatic nitrogens is 1. The number of methoxy groups -OCH3 is 1. The van der Waals surface area contributed by atoms with Crippen LogP contribution in [0.5, 0.6) is 0 Å². The first kappa shape index (κ1) is 16.8. The van der Waals surface area contributed by atoms with Gasteiger partial charge in [0.2, 0.25) is 5.91 Å². The van der Waals surface area contributed by atoms with Gasteiger partial charge in [-0.2, -0.15) is 0 Å². The Labute approximate surface area is 134 Å². The Kier molecular flexibility index (Phi) is 5.99. The number of anilines is 1. The van der Waals surface area contributed by atoms with Crippen molar-refractivity contribution in [3.8, 4) is 0 Å². The molecule has 0 fully saturated rings. The van der Waals surface area contributed by atoms with E-state index in [0.29, 0.717) is 6.61 Å². The van der Waals surface area contributed by atoms with Crippen LogP contribution in [-0.2, 0) is 20.9 Å². The normalized spacial score (nSPS) is 10.7. The number of hydrogen-bond donors (Lipinski definition) is 3. The van der Waals surface area contributed by atoms with Crippen LogP contribution in [0.15, 0.2) is 30.5 Å². The monoisotopic (exact) mass is 319 g/mol. The quantitative estimate of drug-likeness (QED) is 0.606. The van der Waals surface area contributed by atoms with Gasteiger partial charge in [-0.3, -0.25) is 9.59 Å². The van der Waals surface area contributed by atoms with Crippen molar-refractivity contribution in [2.75, 3.05) is 32.1 Å². The number of nitrogens with one attached hydrogen (secondary N) is 2. The highest BCUT2D eigenvalue weighted by atomic mass is 16.5. The van der Waals surface area contributed by atoms with Crippen LogP contribution in [0.4, 0.5) is 5.69 Å². The molecule has 0 atom stereocenters. The largest absolute Gasteiger partial charge is 0.480 e. The van der Waals surface area contributed by atoms with Crippen LogP contribution in [0.25, 0.3) is 10.9 Å². The van der Waals surface area contributed by atoms with Gasteiger partial charge in [0.25, 0.3) is 0 Å². The molecule has 1 heterocycles. The molecular weight excluding hydrogens is 298 g/mol. The van der Waals surface area contributed by atoms with Gasteiger partial charge in [-0.1, -0.05) is 6.07 Å². The van der Waals surface area contributed by atoms with Gasteiger partial charge in [-0.15, -0.1) is 0 Å². The maximum absolute atomic E-state index is 11.8. The number of fused-ring (bicyclic) bond motifs is 1. The van der Waals surface area contributed by atoms with Gasteiger partial charge < -0.3 is 25.0 Å². The highest BCUT2D eigenvalue weighted by Crippen LogP contribution is 2.20. The summed E-state index contributed by atoms with van der Waals surface area (Å²) in [5, 5.41) is 15.3. The Morgan fingerprint density at radius 3 is 2.87 bits per heavy atom. The summed E-state index contributed by atoms with van der Waals surface area (Å²) in [6, 6.07) is 7.88. The summed E-state index contributed by atoms with van der Waals surface area (Å²) in [6.07, 6.45) is 2.73. The number of nitrogens with zero attached hydrogens (tertiary/aromatic N) is 1. The van der Waals surface area contributed by atoms with Crippen molar-refractivity contribution in [2.45, 2.75) is 13.0 Å². The molecule has 1 aromatic carbocycles. The molecule has 0 aliphatic heterocycles. The predicted molar refractivity (Wildman–Crippen MR) is 87.6 cm³/mol. The topological polar surface area (TPSA) is 92.6 Å². The Morgan fingerprint density at radius 1 is 1.30 bits per heavy atom. The van der Waals surface area contributed by atoms with E-state index in [-0.39, 0.29) is 19.0 Å². The lowest BCUT2D eigenvalue weighted by atomic mass is 10.2. The Bertz CT molecular complexity index is 681. The van der Waals surface area contributed by atoms with Gasteiger partial charge in [-0.25, -0.2) is 0 Å². The van der Waals surface area contributed by atoms with E-state index in [4.69, 9.17) is 9.84 Å². The second-order valence-corrected chi connectivity index (χ2v) is 5.16. The van der Waals surface area contributed by atoms with Crippen molar-refractivity contribution in [2.24, 2.45) is 0 Å². The number of carbonyl (C=O) groups is 2. The van der Waals surface area contributed by atoms with Gasteiger partial charge in [-0.05, 0) is 30.0 Å². The van der Waals surface area contributed by atoms with Gasteiger partial charge in [0.05, 0.1) is 5.52 Å². The number of carbonyl (C=O) groups excluding carboxylic acids is 1. The number of benzene rings is 1. The van der Waals surface area contributed by atoms with Gasteiger partial charge in [0.15, 0.2) is 0 Å². The fourth-order valence-electron chi connectivity index (χ4n) is 2.27. The van der Waals surface area contributed by atoms with E-state index < -0.39 is 5.97 Å². The molecular formula is C16H21N3O4. The molecule has 2 rings (SSSR count). The molecule has 0 aliphatic rings. The van der Waals surface area contributed by atoms with E-state index in [1.54, 1.807) is 11.7 Å². The molecule has 7 heteroatoms. The third-order valence-corrected chi connectivity index (χ3v) is 3.38. The number of ether oxygens (including phenoxy) is 1. The zero-order valence-electron chi connectivity index (χ0n) is 13.0. The molecule has 0 saturated heterocycles. The number of aliphatic carboxylic acids is 1. The number of rotatable bonds is 9. The van der Waals surface area contributed by atoms with Crippen molar-refractivity contribution >= 4 is 28.5 Å². The SMILES string of the molecule is COCCCNc1ccc2ccn(CC(=O)NCC(=O)O)c2c1. The van der Waals surface area contributed by atoms with E-state index in [9.17, 15) is 9.59 Å². The van der Waals surface area contributed by atoms with Crippen LogP contribution in [0.3, 0.4) is 0 Å². The number of amides is 1. The van der Waals surface area contributed by atoms with Crippen LogP contribution in [-0.4, -0.2) is 48.4 Å². The standard InChI is InChI=1S/C16H21N3O4/c1-23-8-2-6-17-13-4-3-12-5-7-19(14(12)9-13)11-15(20)18-10-16(21)22/h3-5,7,9,17H,2,6,8,10-11H2,1H3,(H,18,20)(H,21,22). The first-order valence-electron chi connectivity index (χ1n) is 7.40. The van der Waals surface area contributed by atoms with Crippen molar-refractivity contribution in [1.82, 2.24) is 9.88 Å². The molecule has 3 N–H and O–H groups in total. The van der Waals surface area contributed by atoms with Crippen molar-refractivity contribution in [1.29, 1.82) is 0 Å². The maximum Gasteiger partial charge on any atom is 0.322 e. The minimum Gasteiger partial charge on any atom is -0.480 e. The summed E-state index contributed by atoms with van der Waals surface area (Å²) in [5.74, 6) is -1.39. The lowest BCUT2D eigenvalue weighted by Gasteiger charge is -2.09. The number of carboxylic acids is 1. The second kappa shape index (κ2) is 8.19. The molecule has 1 aromatic heterocycles. The van der Waals surface area contributed by atoms with Gasteiger partial charge in [0, 0.05) is 32.1 Å². The summed E-state index contributed by atoms with van der Waals surface area (Å²) in [5.41, 5.74) is 1.90. The average Bonchev–Trinajstić information content (AvgIpc) is 2.92. The Balaban J connectivity index is 2.02. The van der Waals surface area contributed by atoms with Crippen LogP contribution in [0.1, 0.15) is 6.42 Å². The van der Waals surface area contributed by atoms with Crippen LogP contribution < -0.4 is 10.6 Å². The zero-order chi connectivity index (χ0) is 16.7. The lowest BCUT2D eigenvalue weighted by Crippen LogP contribution is -2.31. The Hall–Kier alpha value is -2.54. The minimum atomic E-state index is -1.06. The fraction of sp³-hybridized carbons (Fsp3) is 0.375. The zero-order valence-corrected chi connectivity index (χ0v) is 13.0. The Morgan fingerprint density at radius 2 is 2.13 bits per heavy atom. The summed E-state index contributed by atoms with van der Waals surface area (Å²) in [4.78, 5) is 22.2. The van der Waals surface area contributed by atoms with Crippen LogP contribution in [0, 0.1) is 0 Å². The summed E-state index contributed by atoms with van der Waals surface area (Å²) in [6.45, 7) is 1.22. The molecule has 23 heavy (non-hydrogen) atoms. The molecule has 7 nitrogen and oxygen atoms in total. The van der Waals surface area contributed by atoms with E-state index >= 15 is 0 Å². The van der Waals surface area contributed by atoms with Crippen LogP contribution in [0.2, 0.25) is 0 Å². The van der Waals surface area contributed by atoms with E-state index in [0.717, 1.165) is 29.6 Å². The molecule has 2 aromatic rings. The van der Waals surface area contributed by atoms with Crippen molar-refractivity contribution in [3.05, 3.63) is 30.5 Å². The van der Waals surface area contributed by atoms with Gasteiger partial charge in [0.1, 0.15) is 13.1 Å². The average molecular weight is 319 g/mol. The molecule has 0 bridgehead atoms. The van der Waals surface area contributed by atoms with Crippen LogP contribution >= 0.6 is 0 Å². The maximum atomic E-state index is 11.8. The van der Waals surface area contributed by atoms with Crippen molar-refractivity contribution in [3.63, 3.8) is 0 Å². The molecule has 0 unspecified atom stereocenters. The number of hydrogen-bond acceptors (Lipinski definition) is 4. The molecule has 0 saturated carbocycles. The summed E-state index contributed by atoms with van der Waals surface area (Å²) < 4.78 is 6.81. The summed E-state index contributed by atoms with van der Waals surface area (Å²) >= 11 is 0.